The number of carbonyl (C=O) groups is 3. The van der Waals surface area contributed by atoms with Gasteiger partial charge in [0.05, 0.1) is 5.56 Å². The summed E-state index contributed by atoms with van der Waals surface area (Å²) in [7, 11) is 0. The van der Waals surface area contributed by atoms with Crippen molar-refractivity contribution in [3.05, 3.63) is 34.8 Å². The van der Waals surface area contributed by atoms with Crippen molar-refractivity contribution < 1.29 is 19.1 Å². The van der Waals surface area contributed by atoms with E-state index in [1.807, 2.05) is 0 Å². The molecular formula is C19H21N5O4S. The number of likely N-dealkylation sites (tertiary alicyclic amines) is 1. The second-order valence-corrected chi connectivity index (χ2v) is 8.36. The van der Waals surface area contributed by atoms with E-state index < -0.39 is 11.8 Å². The fraction of sp³-hybridized carbons (Fsp3) is 0.421. The monoisotopic (exact) mass is 415 g/mol. The molecule has 1 aromatic carbocycles. The zero-order chi connectivity index (χ0) is 20.6. The van der Waals surface area contributed by atoms with Crippen molar-refractivity contribution in [2.24, 2.45) is 0 Å². The Bertz CT molecular complexity index is 977. The first-order valence-electron chi connectivity index (χ1n) is 9.38. The Labute approximate surface area is 171 Å². The highest BCUT2D eigenvalue weighted by atomic mass is 32.1. The van der Waals surface area contributed by atoms with Crippen molar-refractivity contribution >= 4 is 34.2 Å². The largest absolute Gasteiger partial charge is 0.467 e. The summed E-state index contributed by atoms with van der Waals surface area (Å²) in [6, 6.07) is 6.35. The lowest BCUT2D eigenvalue weighted by atomic mass is 10.0. The number of anilines is 1. The molecule has 1 aromatic heterocycles. The van der Waals surface area contributed by atoms with Crippen molar-refractivity contribution in [3.63, 3.8) is 0 Å². The van der Waals surface area contributed by atoms with Gasteiger partial charge in [-0.15, -0.1) is 10.2 Å². The maximum absolute atomic E-state index is 12.7. The first-order chi connectivity index (χ1) is 13.9. The first kappa shape index (κ1) is 19.3. The predicted molar refractivity (Wildman–Crippen MR) is 106 cm³/mol. The van der Waals surface area contributed by atoms with Crippen molar-refractivity contribution in [2.45, 2.75) is 44.9 Å². The van der Waals surface area contributed by atoms with Crippen molar-refractivity contribution in [1.82, 2.24) is 20.4 Å². The van der Waals surface area contributed by atoms with Gasteiger partial charge in [0.1, 0.15) is 16.8 Å². The van der Waals surface area contributed by atoms with Crippen LogP contribution in [0.3, 0.4) is 0 Å². The second kappa shape index (κ2) is 7.43. The zero-order valence-electron chi connectivity index (χ0n) is 16.1. The number of aryl methyl sites for hydroxylation is 1. The van der Waals surface area contributed by atoms with Crippen molar-refractivity contribution in [2.75, 3.05) is 11.9 Å². The van der Waals surface area contributed by atoms with Crippen LogP contribution in [0, 0.1) is 6.92 Å². The average Bonchev–Trinajstić information content (AvgIpc) is 3.04. The highest BCUT2D eigenvalue weighted by Crippen LogP contribution is 2.34. The highest BCUT2D eigenvalue weighted by Gasteiger charge is 2.43. The number of hydrogen-bond acceptors (Lipinski definition) is 7. The molecule has 0 radical (unpaired) electrons. The third kappa shape index (κ3) is 3.80. The summed E-state index contributed by atoms with van der Waals surface area (Å²) >= 11 is 1.27. The molecule has 1 saturated heterocycles. The van der Waals surface area contributed by atoms with Gasteiger partial charge >= 0.3 is 0 Å². The quantitative estimate of drug-likeness (QED) is 0.789. The Kier molecular flexibility index (Phi) is 4.95. The van der Waals surface area contributed by atoms with Crippen LogP contribution in [0.4, 0.5) is 5.13 Å². The van der Waals surface area contributed by atoms with Gasteiger partial charge in [-0.2, -0.15) is 0 Å². The number of nitrogens with one attached hydrogen (secondary N) is 2. The van der Waals surface area contributed by atoms with Crippen LogP contribution >= 0.6 is 11.3 Å². The Hall–Kier alpha value is -3.01. The number of aromatic nitrogens is 2. The molecule has 4 rings (SSSR count). The minimum Gasteiger partial charge on any atom is -0.467 e. The van der Waals surface area contributed by atoms with Crippen LogP contribution in [-0.4, -0.2) is 51.1 Å². The summed E-state index contributed by atoms with van der Waals surface area (Å²) in [6.45, 7) is 3.75. The molecule has 3 amide bonds. The topological polar surface area (TPSA) is 114 Å². The Morgan fingerprint density at radius 3 is 2.86 bits per heavy atom. The molecule has 0 unspecified atom stereocenters. The molecule has 9 nitrogen and oxygen atoms in total. The number of hydrogen-bond donors (Lipinski definition) is 2. The lowest BCUT2D eigenvalue weighted by molar-refractivity contribution is -0.137. The molecule has 152 valence electrons. The second-order valence-electron chi connectivity index (χ2n) is 7.18. The average molecular weight is 415 g/mol. The SMILES string of the molecule is Cc1nnc(NC(=O)[C@H](C)N2CC[C@@]3(CCC2=O)NC(=O)c2ccccc2O3)s1. The third-order valence-corrected chi connectivity index (χ3v) is 5.96. The molecule has 0 saturated carbocycles. The fourth-order valence-electron chi connectivity index (χ4n) is 3.59. The maximum Gasteiger partial charge on any atom is 0.258 e. The van der Waals surface area contributed by atoms with Gasteiger partial charge in [0.15, 0.2) is 5.72 Å². The molecule has 29 heavy (non-hydrogen) atoms. The lowest BCUT2D eigenvalue weighted by Crippen LogP contribution is -2.56. The summed E-state index contributed by atoms with van der Waals surface area (Å²) in [5.41, 5.74) is -0.479. The van der Waals surface area contributed by atoms with Crippen molar-refractivity contribution in [3.8, 4) is 5.75 Å². The molecule has 2 aliphatic rings. The number of nitrogens with zero attached hydrogens (tertiary/aromatic N) is 3. The summed E-state index contributed by atoms with van der Waals surface area (Å²) in [4.78, 5) is 39.4. The molecule has 0 aliphatic carbocycles. The van der Waals surface area contributed by atoms with Gasteiger partial charge in [0, 0.05) is 25.8 Å². The van der Waals surface area contributed by atoms with Gasteiger partial charge in [-0.1, -0.05) is 23.5 Å². The minimum atomic E-state index is -0.956. The van der Waals surface area contributed by atoms with E-state index in [1.54, 1.807) is 38.1 Å². The van der Waals surface area contributed by atoms with E-state index in [1.165, 1.54) is 16.2 Å². The van der Waals surface area contributed by atoms with Gasteiger partial charge in [-0.25, -0.2) is 0 Å². The Morgan fingerprint density at radius 2 is 2.10 bits per heavy atom. The number of carbonyl (C=O) groups excluding carboxylic acids is 3. The van der Waals surface area contributed by atoms with Gasteiger partial charge in [-0.05, 0) is 26.0 Å². The summed E-state index contributed by atoms with van der Waals surface area (Å²) in [5, 5.41) is 14.5. The number of rotatable bonds is 3. The van der Waals surface area contributed by atoms with Crippen LogP contribution in [0.1, 0.15) is 41.6 Å². The molecular weight excluding hydrogens is 394 g/mol. The molecule has 2 aromatic rings. The van der Waals surface area contributed by atoms with E-state index in [-0.39, 0.29) is 30.7 Å². The normalized spacial score (nSPS) is 22.3. The Morgan fingerprint density at radius 1 is 1.31 bits per heavy atom. The van der Waals surface area contributed by atoms with E-state index in [4.69, 9.17) is 4.74 Å². The van der Waals surface area contributed by atoms with Gasteiger partial charge in [0.25, 0.3) is 5.91 Å². The van der Waals surface area contributed by atoms with Gasteiger partial charge < -0.3 is 15.0 Å². The first-order valence-corrected chi connectivity index (χ1v) is 10.2. The van der Waals surface area contributed by atoms with E-state index in [2.05, 4.69) is 20.8 Å². The van der Waals surface area contributed by atoms with E-state index in [0.717, 1.165) is 5.01 Å². The van der Waals surface area contributed by atoms with Crippen LogP contribution < -0.4 is 15.4 Å². The molecule has 3 heterocycles. The smallest absolute Gasteiger partial charge is 0.258 e. The molecule has 2 aliphatic heterocycles. The highest BCUT2D eigenvalue weighted by molar-refractivity contribution is 7.15. The standard InChI is InChI=1S/C19H21N5O4S/c1-11(16(26)20-18-23-22-12(2)29-18)24-10-9-19(8-7-15(24)25)21-17(27)13-5-3-4-6-14(13)28-19/h3-6,11H,7-10H2,1-2H3,(H,21,27)(H,20,23,26)/t11-,19-/m0/s1. The molecule has 0 bridgehead atoms. The predicted octanol–water partition coefficient (Wildman–Crippen LogP) is 1.70. The molecule has 10 heteroatoms. The van der Waals surface area contributed by atoms with Gasteiger partial charge in [0.2, 0.25) is 16.9 Å². The van der Waals surface area contributed by atoms with Crippen LogP contribution in [0.2, 0.25) is 0 Å². The summed E-state index contributed by atoms with van der Waals surface area (Å²) in [5.74, 6) is -0.196. The molecule has 1 spiro atoms. The van der Waals surface area contributed by atoms with Crippen LogP contribution in [0.25, 0.3) is 0 Å². The minimum absolute atomic E-state index is 0.158. The maximum atomic E-state index is 12.7. The molecule has 2 atom stereocenters. The lowest BCUT2D eigenvalue weighted by Gasteiger charge is -2.38. The number of benzene rings is 1. The fourth-order valence-corrected chi connectivity index (χ4v) is 4.19. The van der Waals surface area contributed by atoms with Crippen LogP contribution in [0.5, 0.6) is 5.75 Å². The van der Waals surface area contributed by atoms with E-state index in [0.29, 0.717) is 29.3 Å². The third-order valence-electron chi connectivity index (χ3n) is 5.20. The molecule has 1 fully saturated rings. The zero-order valence-corrected chi connectivity index (χ0v) is 16.9. The summed E-state index contributed by atoms with van der Waals surface area (Å²) < 4.78 is 6.12. The number of amides is 3. The number of para-hydroxylation sites is 1. The summed E-state index contributed by atoms with van der Waals surface area (Å²) in [6.07, 6.45) is 0.888. The van der Waals surface area contributed by atoms with Crippen molar-refractivity contribution in [1.29, 1.82) is 0 Å². The number of fused-ring (bicyclic) bond motifs is 1. The van der Waals surface area contributed by atoms with Crippen LogP contribution in [0.15, 0.2) is 24.3 Å². The number of ether oxygens (including phenoxy) is 1. The Balaban J connectivity index is 1.48. The van der Waals surface area contributed by atoms with E-state index in [9.17, 15) is 14.4 Å². The van der Waals surface area contributed by atoms with E-state index >= 15 is 0 Å². The van der Waals surface area contributed by atoms with Crippen LogP contribution in [-0.2, 0) is 9.59 Å². The molecule has 2 N–H and O–H groups in total. The van der Waals surface area contributed by atoms with Gasteiger partial charge in [-0.3, -0.25) is 19.7 Å².